The fourth-order valence-electron chi connectivity index (χ4n) is 0.616. The van der Waals surface area contributed by atoms with E-state index in [1.807, 2.05) is 13.8 Å². The maximum Gasteiger partial charge on any atom is 0.0992 e. The van der Waals surface area contributed by atoms with Crippen molar-refractivity contribution in [3.63, 3.8) is 0 Å². The highest BCUT2D eigenvalue weighted by Gasteiger charge is 2.14. The molecular weight excluding hydrogens is 200 g/mol. The zero-order valence-corrected chi connectivity index (χ0v) is 9.77. The molecule has 0 amide bonds. The average molecular weight is 219 g/mol. The van der Waals surface area contributed by atoms with E-state index in [1.165, 1.54) is 0 Å². The van der Waals surface area contributed by atoms with Crippen molar-refractivity contribution in [2.75, 3.05) is 6.61 Å². The van der Waals surface area contributed by atoms with Gasteiger partial charge in [-0.15, -0.1) is 0 Å². The second-order valence-corrected chi connectivity index (χ2v) is 4.13. The molecule has 0 aromatic heterocycles. The molecule has 0 aliphatic carbocycles. The van der Waals surface area contributed by atoms with Gasteiger partial charge < -0.3 is 16.2 Å². The first kappa shape index (κ1) is 13.3. The molecule has 0 radical (unpaired) electrons. The Labute approximate surface area is 90.7 Å². The predicted octanol–water partition coefficient (Wildman–Crippen LogP) is 2.07. The van der Waals surface area contributed by atoms with E-state index in [4.69, 9.17) is 27.8 Å². The van der Waals surface area contributed by atoms with Gasteiger partial charge in [0, 0.05) is 5.70 Å². The standard InChI is InChI=1S/C10H19ClN2O/c1-4-10(2,3)14-7-8(12)5-6-9(11)13/h5-6H,4,7,12-13H2,1-3H3/b8-5-,9-6-. The highest BCUT2D eigenvalue weighted by Crippen LogP contribution is 2.13. The first-order valence-corrected chi connectivity index (χ1v) is 4.96. The Kier molecular flexibility index (Phi) is 5.65. The molecule has 0 saturated carbocycles. The molecule has 14 heavy (non-hydrogen) atoms. The Morgan fingerprint density at radius 2 is 1.93 bits per heavy atom. The first-order chi connectivity index (χ1) is 6.37. The van der Waals surface area contributed by atoms with Crippen LogP contribution in [0.3, 0.4) is 0 Å². The molecular formula is C10H19ClN2O. The number of rotatable bonds is 5. The molecule has 0 atom stereocenters. The van der Waals surface area contributed by atoms with Gasteiger partial charge in [0.1, 0.15) is 0 Å². The molecule has 0 unspecified atom stereocenters. The first-order valence-electron chi connectivity index (χ1n) is 4.58. The number of nitrogens with two attached hydrogens (primary N) is 2. The van der Waals surface area contributed by atoms with E-state index in [9.17, 15) is 0 Å². The van der Waals surface area contributed by atoms with Crippen molar-refractivity contribution >= 4 is 11.6 Å². The fraction of sp³-hybridized carbons (Fsp3) is 0.600. The molecule has 0 fully saturated rings. The molecule has 0 rings (SSSR count). The normalized spacial score (nSPS) is 14.6. The highest BCUT2D eigenvalue weighted by atomic mass is 35.5. The van der Waals surface area contributed by atoms with E-state index in [0.29, 0.717) is 12.3 Å². The van der Waals surface area contributed by atoms with Crippen LogP contribution in [0.1, 0.15) is 27.2 Å². The molecule has 0 bridgehead atoms. The van der Waals surface area contributed by atoms with Crippen LogP contribution in [0.5, 0.6) is 0 Å². The highest BCUT2D eigenvalue weighted by molar-refractivity contribution is 6.29. The summed E-state index contributed by atoms with van der Waals surface area (Å²) in [7, 11) is 0. The minimum absolute atomic E-state index is 0.144. The van der Waals surface area contributed by atoms with Crippen LogP contribution >= 0.6 is 11.6 Å². The van der Waals surface area contributed by atoms with E-state index in [1.54, 1.807) is 12.2 Å². The van der Waals surface area contributed by atoms with Gasteiger partial charge in [0.05, 0.1) is 17.4 Å². The van der Waals surface area contributed by atoms with Gasteiger partial charge in [-0.3, -0.25) is 0 Å². The Balaban J connectivity index is 4.02. The van der Waals surface area contributed by atoms with E-state index in [0.717, 1.165) is 6.42 Å². The third kappa shape index (κ3) is 6.80. The summed E-state index contributed by atoms with van der Waals surface area (Å²) >= 11 is 5.44. The van der Waals surface area contributed by atoms with Crippen molar-refractivity contribution in [1.82, 2.24) is 0 Å². The number of allylic oxidation sites excluding steroid dienone is 2. The third-order valence-electron chi connectivity index (χ3n) is 1.94. The van der Waals surface area contributed by atoms with Gasteiger partial charge in [-0.25, -0.2) is 0 Å². The summed E-state index contributed by atoms with van der Waals surface area (Å²) in [4.78, 5) is 0. The van der Waals surface area contributed by atoms with Crippen LogP contribution in [0.4, 0.5) is 0 Å². The van der Waals surface area contributed by atoms with Crippen molar-refractivity contribution in [3.8, 4) is 0 Å². The van der Waals surface area contributed by atoms with Crippen LogP contribution in [0.2, 0.25) is 0 Å². The summed E-state index contributed by atoms with van der Waals surface area (Å²) < 4.78 is 5.57. The number of ether oxygens (including phenoxy) is 1. The molecule has 0 aromatic carbocycles. The molecule has 0 aliphatic rings. The van der Waals surface area contributed by atoms with Gasteiger partial charge in [-0.2, -0.15) is 0 Å². The third-order valence-corrected chi connectivity index (χ3v) is 2.06. The summed E-state index contributed by atoms with van der Waals surface area (Å²) in [6.07, 6.45) is 4.13. The van der Waals surface area contributed by atoms with Gasteiger partial charge in [0.2, 0.25) is 0 Å². The molecule has 3 nitrogen and oxygen atoms in total. The monoisotopic (exact) mass is 218 g/mol. The quantitative estimate of drug-likeness (QED) is 0.549. The summed E-state index contributed by atoms with van der Waals surface area (Å²) in [5.74, 6) is 0. The van der Waals surface area contributed by atoms with Crippen LogP contribution in [-0.4, -0.2) is 12.2 Å². The van der Waals surface area contributed by atoms with Gasteiger partial charge >= 0.3 is 0 Å². The van der Waals surface area contributed by atoms with Gasteiger partial charge in [-0.1, -0.05) is 18.5 Å². The zero-order valence-electron chi connectivity index (χ0n) is 9.01. The minimum atomic E-state index is -0.144. The maximum absolute atomic E-state index is 5.66. The zero-order chi connectivity index (χ0) is 11.2. The topological polar surface area (TPSA) is 61.3 Å². The van der Waals surface area contributed by atoms with Crippen LogP contribution in [-0.2, 0) is 4.74 Å². The van der Waals surface area contributed by atoms with E-state index in [-0.39, 0.29) is 10.8 Å². The summed E-state index contributed by atoms with van der Waals surface area (Å²) in [5, 5.41) is 0.211. The maximum atomic E-state index is 5.66. The van der Waals surface area contributed by atoms with Crippen LogP contribution in [0, 0.1) is 0 Å². The summed E-state index contributed by atoms with van der Waals surface area (Å²) in [6.45, 7) is 6.50. The number of hydrogen-bond acceptors (Lipinski definition) is 3. The van der Waals surface area contributed by atoms with E-state index >= 15 is 0 Å². The molecule has 0 saturated heterocycles. The second-order valence-electron chi connectivity index (χ2n) is 3.70. The average Bonchev–Trinajstić information content (AvgIpc) is 2.11. The van der Waals surface area contributed by atoms with E-state index in [2.05, 4.69) is 6.92 Å². The molecule has 0 aliphatic heterocycles. The lowest BCUT2D eigenvalue weighted by Crippen LogP contribution is -2.25. The van der Waals surface area contributed by atoms with Crippen molar-refractivity contribution in [1.29, 1.82) is 0 Å². The molecule has 4 heteroatoms. The van der Waals surface area contributed by atoms with Gasteiger partial charge in [-0.05, 0) is 32.4 Å². The number of hydrogen-bond donors (Lipinski definition) is 2. The molecule has 0 spiro atoms. The molecule has 0 aromatic rings. The van der Waals surface area contributed by atoms with Crippen LogP contribution in [0.15, 0.2) is 23.0 Å². The Morgan fingerprint density at radius 3 is 2.36 bits per heavy atom. The van der Waals surface area contributed by atoms with Crippen molar-refractivity contribution < 1.29 is 4.74 Å². The molecule has 4 N–H and O–H groups in total. The molecule has 0 heterocycles. The minimum Gasteiger partial charge on any atom is -0.400 e. The Hall–Kier alpha value is -0.670. The van der Waals surface area contributed by atoms with Crippen molar-refractivity contribution in [2.45, 2.75) is 32.8 Å². The predicted molar refractivity (Wildman–Crippen MR) is 60.7 cm³/mol. The smallest absolute Gasteiger partial charge is 0.0992 e. The van der Waals surface area contributed by atoms with Crippen LogP contribution in [0.25, 0.3) is 0 Å². The van der Waals surface area contributed by atoms with Crippen LogP contribution < -0.4 is 11.5 Å². The lowest BCUT2D eigenvalue weighted by Gasteiger charge is -2.23. The lowest BCUT2D eigenvalue weighted by atomic mass is 10.1. The Bertz CT molecular complexity index is 230. The summed E-state index contributed by atoms with van der Waals surface area (Å²) in [5.41, 5.74) is 11.4. The van der Waals surface area contributed by atoms with Crippen molar-refractivity contribution in [2.24, 2.45) is 11.5 Å². The van der Waals surface area contributed by atoms with Crippen molar-refractivity contribution in [3.05, 3.63) is 23.0 Å². The van der Waals surface area contributed by atoms with Gasteiger partial charge in [0.15, 0.2) is 0 Å². The lowest BCUT2D eigenvalue weighted by molar-refractivity contribution is -0.00741. The second kappa shape index (κ2) is 5.94. The van der Waals surface area contributed by atoms with Gasteiger partial charge in [0.25, 0.3) is 0 Å². The number of halogens is 1. The SMILES string of the molecule is CCC(C)(C)OC/C(N)=C/C=C(\N)Cl. The Morgan fingerprint density at radius 1 is 1.36 bits per heavy atom. The van der Waals surface area contributed by atoms with E-state index < -0.39 is 0 Å². The largest absolute Gasteiger partial charge is 0.400 e. The summed E-state index contributed by atoms with van der Waals surface area (Å²) in [6, 6.07) is 0. The fourth-order valence-corrected chi connectivity index (χ4v) is 0.679. The molecule has 82 valence electrons.